The van der Waals surface area contributed by atoms with Gasteiger partial charge in [0.2, 0.25) is 0 Å². The van der Waals surface area contributed by atoms with E-state index in [0.717, 1.165) is 0 Å². The van der Waals surface area contributed by atoms with Crippen LogP contribution in [-0.4, -0.2) is 27.3 Å². The highest BCUT2D eigenvalue weighted by atomic mass is 35.5. The van der Waals surface area contributed by atoms with Crippen molar-refractivity contribution in [3.63, 3.8) is 0 Å². The number of ether oxygens (including phenoxy) is 1. The summed E-state index contributed by atoms with van der Waals surface area (Å²) < 4.78 is 11.5. The number of phenols is 2. The van der Waals surface area contributed by atoms with Crippen LogP contribution >= 0.6 is 11.6 Å². The number of carbonyl (C=O) groups is 1. The third-order valence-electron chi connectivity index (χ3n) is 7.07. The van der Waals surface area contributed by atoms with E-state index in [1.807, 2.05) is 12.1 Å². The zero-order valence-corrected chi connectivity index (χ0v) is 20.7. The number of halogens is 1. The molecular formula is C30H17ClN2O6. The molecule has 8 nitrogen and oxygen atoms in total. The zero-order valence-electron chi connectivity index (χ0n) is 20.0. The normalized spacial score (nSPS) is 14.9. The molecule has 1 amide bonds. The number of aromatic hydroxyl groups is 2. The van der Waals surface area contributed by atoms with Gasteiger partial charge in [-0.25, -0.2) is 9.80 Å². The number of hydrazone groups is 1. The molecule has 1 spiro atoms. The molecule has 0 fully saturated rings. The Kier molecular flexibility index (Phi) is 4.86. The Bertz CT molecular complexity index is 1900. The molecular weight excluding hydrogens is 520 g/mol. The molecule has 0 radical (unpaired) electrons. The maximum atomic E-state index is 14.0. The van der Waals surface area contributed by atoms with Crippen LogP contribution in [0, 0.1) is 0 Å². The fourth-order valence-electron chi connectivity index (χ4n) is 5.43. The molecule has 0 unspecified atom stereocenters. The Morgan fingerprint density at radius 1 is 0.821 bits per heavy atom. The summed E-state index contributed by atoms with van der Waals surface area (Å²) in [7, 11) is 0. The van der Waals surface area contributed by atoms with Crippen molar-refractivity contribution in [1.29, 1.82) is 0 Å². The first-order valence-electron chi connectivity index (χ1n) is 11.9. The van der Waals surface area contributed by atoms with E-state index in [1.54, 1.807) is 48.5 Å². The summed E-state index contributed by atoms with van der Waals surface area (Å²) in [6, 6.07) is 23.1. The van der Waals surface area contributed by atoms with Crippen molar-refractivity contribution in [3.8, 4) is 23.0 Å². The number of hydrogen-bond donors (Lipinski definition) is 2. The largest absolute Gasteiger partial charge is 0.508 e. The molecule has 1 aromatic heterocycles. The molecule has 4 aromatic carbocycles. The topological polar surface area (TPSA) is 113 Å². The molecule has 2 N–H and O–H groups in total. The molecule has 9 heteroatoms. The highest BCUT2D eigenvalue weighted by Gasteiger charge is 2.57. The van der Waals surface area contributed by atoms with Crippen molar-refractivity contribution in [1.82, 2.24) is 5.01 Å². The van der Waals surface area contributed by atoms with Gasteiger partial charge in [0.05, 0.1) is 16.8 Å². The Balaban J connectivity index is 1.52. The lowest BCUT2D eigenvalue weighted by Crippen LogP contribution is -2.44. The lowest BCUT2D eigenvalue weighted by molar-refractivity contribution is 0.0675. The maximum absolute atomic E-state index is 14.0. The summed E-state index contributed by atoms with van der Waals surface area (Å²) in [5, 5.41) is 27.0. The van der Waals surface area contributed by atoms with Crippen LogP contribution in [0.3, 0.4) is 0 Å². The van der Waals surface area contributed by atoms with E-state index in [1.165, 1.54) is 35.5 Å². The molecule has 5 aromatic rings. The molecule has 2 aliphatic rings. The van der Waals surface area contributed by atoms with E-state index in [4.69, 9.17) is 20.8 Å². The van der Waals surface area contributed by atoms with E-state index < -0.39 is 17.1 Å². The third-order valence-corrected chi connectivity index (χ3v) is 7.48. The molecule has 39 heavy (non-hydrogen) atoms. The van der Waals surface area contributed by atoms with Gasteiger partial charge in [-0.05, 0) is 42.5 Å². The second-order valence-corrected chi connectivity index (χ2v) is 9.57. The molecule has 0 bridgehead atoms. The molecule has 3 heterocycles. The van der Waals surface area contributed by atoms with Gasteiger partial charge in [-0.15, -0.1) is 0 Å². The second kappa shape index (κ2) is 8.21. The monoisotopic (exact) mass is 536 g/mol. The lowest BCUT2D eigenvalue weighted by Gasteiger charge is -2.41. The van der Waals surface area contributed by atoms with E-state index in [9.17, 15) is 19.8 Å². The predicted octanol–water partition coefficient (Wildman–Crippen LogP) is 5.75. The molecule has 0 saturated carbocycles. The minimum absolute atomic E-state index is 0.0156. The van der Waals surface area contributed by atoms with Gasteiger partial charge < -0.3 is 19.4 Å². The van der Waals surface area contributed by atoms with Gasteiger partial charge in [-0.2, -0.15) is 5.10 Å². The summed E-state index contributed by atoms with van der Waals surface area (Å²) in [6.07, 6.45) is 1.22. The number of nitrogens with zero attached hydrogens (tertiary/aromatic N) is 2. The van der Waals surface area contributed by atoms with Crippen LogP contribution in [0.5, 0.6) is 23.0 Å². The summed E-state index contributed by atoms with van der Waals surface area (Å²) in [4.78, 5) is 26.8. The van der Waals surface area contributed by atoms with Crippen LogP contribution < -0.4 is 10.4 Å². The Morgan fingerprint density at radius 3 is 2.18 bits per heavy atom. The molecule has 7 rings (SSSR count). The second-order valence-electron chi connectivity index (χ2n) is 9.19. The van der Waals surface area contributed by atoms with Crippen molar-refractivity contribution in [3.05, 3.63) is 128 Å². The highest BCUT2D eigenvalue weighted by Crippen LogP contribution is 2.58. The number of amides is 1. The fraction of sp³-hybridized carbons (Fsp3) is 0.0333. The first-order chi connectivity index (χ1) is 18.9. The average Bonchev–Trinajstić information content (AvgIpc) is 3.17. The maximum Gasteiger partial charge on any atom is 0.346 e. The van der Waals surface area contributed by atoms with E-state index in [0.29, 0.717) is 33.2 Å². The van der Waals surface area contributed by atoms with Crippen LogP contribution in [-0.2, 0) is 5.54 Å². The molecule has 2 aliphatic heterocycles. The number of phenolic OH excluding ortho intramolecular Hbond substituents is 2. The molecule has 0 atom stereocenters. The van der Waals surface area contributed by atoms with E-state index in [2.05, 4.69) is 5.10 Å². The summed E-state index contributed by atoms with van der Waals surface area (Å²) >= 11 is 6.60. The van der Waals surface area contributed by atoms with E-state index >= 15 is 0 Å². The number of carbonyl (C=O) groups excluding carboxylic acids is 1. The first-order valence-corrected chi connectivity index (χ1v) is 12.3. The van der Waals surface area contributed by atoms with Gasteiger partial charge in [0.25, 0.3) is 5.91 Å². The van der Waals surface area contributed by atoms with Crippen molar-refractivity contribution < 1.29 is 24.2 Å². The fourth-order valence-corrected chi connectivity index (χ4v) is 5.71. The average molecular weight is 537 g/mol. The quantitative estimate of drug-likeness (QED) is 0.219. The number of rotatable bonds is 2. The van der Waals surface area contributed by atoms with Crippen molar-refractivity contribution in [2.24, 2.45) is 5.10 Å². The SMILES string of the molecule is O=C1c2ccccc2C2(c3ccc(O)cc3Oc3cc(O)ccc32)N1/N=C/c1c(Cl)c2ccccc2oc1=O. The summed E-state index contributed by atoms with van der Waals surface area (Å²) in [6.45, 7) is 0. The van der Waals surface area contributed by atoms with Crippen molar-refractivity contribution in [2.75, 3.05) is 0 Å². The van der Waals surface area contributed by atoms with Gasteiger partial charge in [-0.1, -0.05) is 41.9 Å². The minimum atomic E-state index is -1.35. The molecule has 0 saturated heterocycles. The van der Waals surface area contributed by atoms with Gasteiger partial charge in [0.1, 0.15) is 34.1 Å². The Hall–Kier alpha value is -5.08. The number of fused-ring (bicyclic) bond motifs is 7. The van der Waals surface area contributed by atoms with Crippen LogP contribution in [0.2, 0.25) is 5.02 Å². The van der Waals surface area contributed by atoms with Crippen LogP contribution in [0.25, 0.3) is 11.0 Å². The molecule has 190 valence electrons. The van der Waals surface area contributed by atoms with Gasteiger partial charge >= 0.3 is 5.63 Å². The zero-order chi connectivity index (χ0) is 26.9. The van der Waals surface area contributed by atoms with E-state index in [-0.39, 0.29) is 33.6 Å². The number of benzene rings is 4. The standard InChI is InChI=1S/C30H17ClN2O6/c31-27-19-6-2-4-8-24(19)39-29(37)20(27)15-32-33-28(36)18-5-1-3-7-21(18)30(33)22-11-9-16(34)13-25(22)38-26-14-17(35)10-12-23(26)30/h1-15,34-35H/b32-15+. The van der Waals surface area contributed by atoms with Crippen LogP contribution in [0.4, 0.5) is 0 Å². The predicted molar refractivity (Wildman–Crippen MR) is 144 cm³/mol. The van der Waals surface area contributed by atoms with Gasteiger partial charge in [0.15, 0.2) is 0 Å². The smallest absolute Gasteiger partial charge is 0.346 e. The van der Waals surface area contributed by atoms with Crippen molar-refractivity contribution in [2.45, 2.75) is 5.54 Å². The number of para-hydroxylation sites is 1. The summed E-state index contributed by atoms with van der Waals surface area (Å²) in [5.41, 5.74) is 0.338. The minimum Gasteiger partial charge on any atom is -0.508 e. The summed E-state index contributed by atoms with van der Waals surface area (Å²) in [5.74, 6) is 0.0478. The first kappa shape index (κ1) is 23.1. The van der Waals surface area contributed by atoms with Crippen LogP contribution in [0.1, 0.15) is 32.6 Å². The lowest BCUT2D eigenvalue weighted by atomic mass is 9.75. The van der Waals surface area contributed by atoms with Gasteiger partial charge in [-0.3, -0.25) is 4.79 Å². The highest BCUT2D eigenvalue weighted by molar-refractivity contribution is 6.37. The third kappa shape index (κ3) is 3.15. The van der Waals surface area contributed by atoms with Crippen LogP contribution in [0.15, 0.2) is 99.2 Å². The Labute approximate surface area is 225 Å². The Morgan fingerprint density at radius 2 is 1.46 bits per heavy atom. The van der Waals surface area contributed by atoms with Gasteiger partial charge in [0, 0.05) is 39.8 Å². The number of hydrogen-bond acceptors (Lipinski definition) is 7. The molecule has 0 aliphatic carbocycles. The van der Waals surface area contributed by atoms with Crippen molar-refractivity contribution >= 4 is 34.7 Å².